The maximum absolute atomic E-state index is 9.15. The van der Waals surface area contributed by atoms with Crippen LogP contribution in [0.4, 0.5) is 0 Å². The number of aliphatic hydroxyl groups excluding tert-OH is 1. The summed E-state index contributed by atoms with van der Waals surface area (Å²) in [4.78, 5) is 6.37. The van der Waals surface area contributed by atoms with Gasteiger partial charge >= 0.3 is 0 Å². The van der Waals surface area contributed by atoms with Gasteiger partial charge in [0.2, 0.25) is 0 Å². The number of hydrogen-bond donors (Lipinski definition) is 1. The normalized spacial score (nSPS) is 26.0. The molecule has 0 radical (unpaired) electrons. The van der Waals surface area contributed by atoms with E-state index in [2.05, 4.69) is 16.8 Å². The Morgan fingerprint density at radius 1 is 1.41 bits per heavy atom. The molecule has 94 valence electrons. The summed E-state index contributed by atoms with van der Waals surface area (Å²) in [6.45, 7) is 4.94. The van der Waals surface area contributed by atoms with Gasteiger partial charge in [-0.05, 0) is 31.0 Å². The Labute approximate surface area is 102 Å². The molecule has 4 heteroatoms. The van der Waals surface area contributed by atoms with Crippen LogP contribution in [0.1, 0.15) is 12.5 Å². The van der Waals surface area contributed by atoms with Crippen molar-refractivity contribution in [2.45, 2.75) is 25.6 Å². The van der Waals surface area contributed by atoms with Crippen molar-refractivity contribution in [3.63, 3.8) is 0 Å². The number of nitrogens with zero attached hydrogens (tertiary/aromatic N) is 2. The van der Waals surface area contributed by atoms with Gasteiger partial charge in [-0.15, -0.1) is 0 Å². The molecule has 1 aromatic heterocycles. The predicted octanol–water partition coefficient (Wildman–Crippen LogP) is 0.706. The predicted molar refractivity (Wildman–Crippen MR) is 65.8 cm³/mol. The molecule has 1 N–H and O–H groups in total. The minimum atomic E-state index is -0.0313. The quantitative estimate of drug-likeness (QED) is 0.836. The SMILES string of the molecule is CC1CN(CCc2ccncc2)CC(CO)O1. The summed E-state index contributed by atoms with van der Waals surface area (Å²) >= 11 is 0. The third-order valence-corrected chi connectivity index (χ3v) is 3.07. The highest BCUT2D eigenvalue weighted by molar-refractivity contribution is 5.09. The van der Waals surface area contributed by atoms with Gasteiger partial charge < -0.3 is 9.84 Å². The van der Waals surface area contributed by atoms with Crippen LogP contribution < -0.4 is 0 Å². The zero-order valence-corrected chi connectivity index (χ0v) is 10.2. The summed E-state index contributed by atoms with van der Waals surface area (Å²) < 4.78 is 5.62. The number of rotatable bonds is 4. The molecule has 2 rings (SSSR count). The molecule has 0 bridgehead atoms. The Kier molecular flexibility index (Phi) is 4.48. The average molecular weight is 236 g/mol. The molecule has 1 aliphatic heterocycles. The monoisotopic (exact) mass is 236 g/mol. The second-order valence-corrected chi connectivity index (χ2v) is 4.62. The molecule has 0 amide bonds. The van der Waals surface area contributed by atoms with Crippen LogP contribution in [0.25, 0.3) is 0 Å². The first-order valence-corrected chi connectivity index (χ1v) is 6.15. The number of ether oxygens (including phenoxy) is 1. The molecular formula is C13H20N2O2. The summed E-state index contributed by atoms with van der Waals surface area (Å²) in [5, 5.41) is 9.15. The highest BCUT2D eigenvalue weighted by Gasteiger charge is 2.24. The van der Waals surface area contributed by atoms with Crippen LogP contribution in [-0.4, -0.2) is 53.4 Å². The zero-order chi connectivity index (χ0) is 12.1. The van der Waals surface area contributed by atoms with Crippen LogP contribution in [0.5, 0.6) is 0 Å². The fraction of sp³-hybridized carbons (Fsp3) is 0.615. The largest absolute Gasteiger partial charge is 0.394 e. The molecule has 17 heavy (non-hydrogen) atoms. The van der Waals surface area contributed by atoms with E-state index in [1.807, 2.05) is 24.5 Å². The van der Waals surface area contributed by atoms with Gasteiger partial charge in [0.05, 0.1) is 18.8 Å². The van der Waals surface area contributed by atoms with Crippen molar-refractivity contribution in [1.29, 1.82) is 0 Å². The highest BCUT2D eigenvalue weighted by atomic mass is 16.5. The van der Waals surface area contributed by atoms with Gasteiger partial charge in [0.1, 0.15) is 0 Å². The number of pyridine rings is 1. The van der Waals surface area contributed by atoms with Gasteiger partial charge in [0.25, 0.3) is 0 Å². The van der Waals surface area contributed by atoms with Crippen LogP contribution in [0.3, 0.4) is 0 Å². The first-order chi connectivity index (χ1) is 8.28. The molecule has 1 fully saturated rings. The molecule has 0 saturated carbocycles. The van der Waals surface area contributed by atoms with E-state index in [0.717, 1.165) is 26.1 Å². The Balaban J connectivity index is 1.82. The lowest BCUT2D eigenvalue weighted by Crippen LogP contribution is -2.48. The number of hydrogen-bond acceptors (Lipinski definition) is 4. The fourth-order valence-electron chi connectivity index (χ4n) is 2.26. The number of morpholine rings is 1. The molecule has 0 spiro atoms. The summed E-state index contributed by atoms with van der Waals surface area (Å²) in [5.41, 5.74) is 1.31. The van der Waals surface area contributed by atoms with Gasteiger partial charge in [-0.25, -0.2) is 0 Å². The molecule has 2 heterocycles. The van der Waals surface area contributed by atoms with E-state index in [4.69, 9.17) is 9.84 Å². The standard InChI is InChI=1S/C13H20N2O2/c1-11-8-15(9-13(10-16)17-11)7-4-12-2-5-14-6-3-12/h2-3,5-6,11,13,16H,4,7-10H2,1H3. The molecule has 4 nitrogen and oxygen atoms in total. The van der Waals surface area contributed by atoms with Gasteiger partial charge in [-0.1, -0.05) is 0 Å². The molecule has 1 aliphatic rings. The number of aliphatic hydroxyl groups is 1. The zero-order valence-electron chi connectivity index (χ0n) is 10.2. The van der Waals surface area contributed by atoms with Gasteiger partial charge in [0, 0.05) is 32.0 Å². The lowest BCUT2D eigenvalue weighted by atomic mass is 10.1. The minimum absolute atomic E-state index is 0.0313. The van der Waals surface area contributed by atoms with Crippen molar-refractivity contribution in [3.8, 4) is 0 Å². The molecule has 0 aromatic carbocycles. The summed E-state index contributed by atoms with van der Waals surface area (Å²) in [5.74, 6) is 0. The lowest BCUT2D eigenvalue weighted by molar-refractivity contribution is -0.0947. The van der Waals surface area contributed by atoms with Crippen molar-refractivity contribution in [1.82, 2.24) is 9.88 Å². The second kappa shape index (κ2) is 6.10. The van der Waals surface area contributed by atoms with E-state index < -0.39 is 0 Å². The van der Waals surface area contributed by atoms with E-state index >= 15 is 0 Å². The summed E-state index contributed by atoms with van der Waals surface area (Å²) in [6.07, 6.45) is 4.85. The van der Waals surface area contributed by atoms with E-state index in [9.17, 15) is 0 Å². The van der Waals surface area contributed by atoms with E-state index in [1.165, 1.54) is 5.56 Å². The second-order valence-electron chi connectivity index (χ2n) is 4.62. The first-order valence-electron chi connectivity index (χ1n) is 6.15. The molecule has 0 aliphatic carbocycles. The Hall–Kier alpha value is -0.970. The van der Waals surface area contributed by atoms with E-state index in [1.54, 1.807) is 0 Å². The van der Waals surface area contributed by atoms with Crippen molar-refractivity contribution in [2.24, 2.45) is 0 Å². The number of aromatic nitrogens is 1. The van der Waals surface area contributed by atoms with E-state index in [0.29, 0.717) is 0 Å². The third kappa shape index (κ3) is 3.77. The Morgan fingerprint density at radius 3 is 2.88 bits per heavy atom. The maximum Gasteiger partial charge on any atom is 0.0936 e. The lowest BCUT2D eigenvalue weighted by Gasteiger charge is -2.36. The van der Waals surface area contributed by atoms with Crippen molar-refractivity contribution in [3.05, 3.63) is 30.1 Å². The smallest absolute Gasteiger partial charge is 0.0936 e. The topological polar surface area (TPSA) is 45.6 Å². The van der Waals surface area contributed by atoms with Crippen molar-refractivity contribution < 1.29 is 9.84 Å². The molecule has 2 atom stereocenters. The molecular weight excluding hydrogens is 216 g/mol. The molecule has 1 saturated heterocycles. The van der Waals surface area contributed by atoms with Crippen LogP contribution in [0.15, 0.2) is 24.5 Å². The Morgan fingerprint density at radius 2 is 2.18 bits per heavy atom. The van der Waals surface area contributed by atoms with Crippen LogP contribution >= 0.6 is 0 Å². The van der Waals surface area contributed by atoms with Crippen LogP contribution in [-0.2, 0) is 11.2 Å². The van der Waals surface area contributed by atoms with Gasteiger partial charge in [0.15, 0.2) is 0 Å². The van der Waals surface area contributed by atoms with Crippen LogP contribution in [0.2, 0.25) is 0 Å². The summed E-state index contributed by atoms with van der Waals surface area (Å²) in [6, 6.07) is 4.10. The van der Waals surface area contributed by atoms with Gasteiger partial charge in [-0.3, -0.25) is 9.88 Å². The minimum Gasteiger partial charge on any atom is -0.394 e. The van der Waals surface area contributed by atoms with Crippen molar-refractivity contribution in [2.75, 3.05) is 26.2 Å². The van der Waals surface area contributed by atoms with Crippen molar-refractivity contribution >= 4 is 0 Å². The molecule has 1 aromatic rings. The van der Waals surface area contributed by atoms with E-state index in [-0.39, 0.29) is 18.8 Å². The Bertz CT molecular complexity index is 331. The van der Waals surface area contributed by atoms with Crippen LogP contribution in [0, 0.1) is 0 Å². The maximum atomic E-state index is 9.15. The average Bonchev–Trinajstić information content (AvgIpc) is 2.37. The first kappa shape index (κ1) is 12.5. The fourth-order valence-corrected chi connectivity index (χ4v) is 2.26. The third-order valence-electron chi connectivity index (χ3n) is 3.07. The van der Waals surface area contributed by atoms with Gasteiger partial charge in [-0.2, -0.15) is 0 Å². The molecule has 2 unspecified atom stereocenters. The highest BCUT2D eigenvalue weighted by Crippen LogP contribution is 2.11. The summed E-state index contributed by atoms with van der Waals surface area (Å²) in [7, 11) is 0.